The van der Waals surface area contributed by atoms with Crippen LogP contribution in [-0.2, 0) is 0 Å². The molecule has 94 valence electrons. The van der Waals surface area contributed by atoms with Crippen LogP contribution < -0.4 is 10.1 Å². The van der Waals surface area contributed by atoms with Gasteiger partial charge in [-0.3, -0.25) is 4.79 Å². The number of benzene rings is 1. The highest BCUT2D eigenvalue weighted by Gasteiger charge is 2.09. The van der Waals surface area contributed by atoms with Crippen LogP contribution in [0.1, 0.15) is 17.3 Å². The van der Waals surface area contributed by atoms with Gasteiger partial charge in [0.05, 0.1) is 0 Å². The minimum Gasteiger partial charge on any atom is -0.435 e. The van der Waals surface area contributed by atoms with Crippen molar-refractivity contribution in [3.63, 3.8) is 0 Å². The van der Waals surface area contributed by atoms with E-state index in [4.69, 9.17) is 0 Å². The first-order valence-corrected chi connectivity index (χ1v) is 5.87. The molecule has 1 aromatic carbocycles. The molecule has 1 unspecified atom stereocenters. The van der Waals surface area contributed by atoms with Crippen LogP contribution in [0, 0.1) is 0 Å². The number of ether oxygens (including phenoxy) is 1. The van der Waals surface area contributed by atoms with E-state index in [-0.39, 0.29) is 22.0 Å². The monoisotopic (exact) mass is 307 g/mol. The smallest absolute Gasteiger partial charge is 0.387 e. The van der Waals surface area contributed by atoms with Crippen molar-refractivity contribution in [1.29, 1.82) is 0 Å². The first-order valence-electron chi connectivity index (χ1n) is 4.96. The molecule has 1 atom stereocenters. The Morgan fingerprint density at radius 3 is 2.82 bits per heavy atom. The summed E-state index contributed by atoms with van der Waals surface area (Å²) in [6, 6.07) is 5.67. The molecule has 1 rings (SSSR count). The van der Waals surface area contributed by atoms with Gasteiger partial charge in [-0.25, -0.2) is 0 Å². The van der Waals surface area contributed by atoms with Gasteiger partial charge >= 0.3 is 6.61 Å². The van der Waals surface area contributed by atoms with Gasteiger partial charge in [0.25, 0.3) is 5.91 Å². The summed E-state index contributed by atoms with van der Waals surface area (Å²) < 4.78 is 28.2. The van der Waals surface area contributed by atoms with Crippen molar-refractivity contribution in [2.75, 3.05) is 6.54 Å². The molecule has 0 saturated carbocycles. The normalized spacial score (nSPS) is 12.3. The lowest BCUT2D eigenvalue weighted by Gasteiger charge is -2.08. The van der Waals surface area contributed by atoms with E-state index < -0.39 is 6.61 Å². The Morgan fingerprint density at radius 1 is 1.53 bits per heavy atom. The van der Waals surface area contributed by atoms with Gasteiger partial charge in [0.1, 0.15) is 5.75 Å². The molecular formula is C11H12BrF2NO2. The van der Waals surface area contributed by atoms with Crippen LogP contribution in [0.15, 0.2) is 24.3 Å². The molecule has 0 bridgehead atoms. The van der Waals surface area contributed by atoms with Crippen LogP contribution in [0.5, 0.6) is 5.75 Å². The molecule has 0 aliphatic heterocycles. The van der Waals surface area contributed by atoms with Gasteiger partial charge in [-0.1, -0.05) is 28.9 Å². The molecule has 1 amide bonds. The van der Waals surface area contributed by atoms with Gasteiger partial charge in [0, 0.05) is 16.9 Å². The molecule has 0 aromatic heterocycles. The number of rotatable bonds is 5. The predicted molar refractivity (Wildman–Crippen MR) is 63.8 cm³/mol. The first kappa shape index (κ1) is 13.9. The molecule has 6 heteroatoms. The fraction of sp³-hybridized carbons (Fsp3) is 0.364. The van der Waals surface area contributed by atoms with Gasteiger partial charge < -0.3 is 10.1 Å². The Labute approximate surface area is 106 Å². The zero-order valence-electron chi connectivity index (χ0n) is 9.12. The molecule has 0 aliphatic rings. The maximum atomic E-state index is 12.0. The van der Waals surface area contributed by atoms with Crippen LogP contribution >= 0.6 is 15.9 Å². The summed E-state index contributed by atoms with van der Waals surface area (Å²) in [6.07, 6.45) is 0. The number of carbonyl (C=O) groups excluding carboxylic acids is 1. The van der Waals surface area contributed by atoms with Crippen LogP contribution in [0.2, 0.25) is 0 Å². The third-order valence-corrected chi connectivity index (χ3v) is 2.19. The van der Waals surface area contributed by atoms with E-state index in [9.17, 15) is 13.6 Å². The first-order chi connectivity index (χ1) is 7.99. The molecule has 1 aromatic rings. The van der Waals surface area contributed by atoms with Gasteiger partial charge in [0.2, 0.25) is 0 Å². The van der Waals surface area contributed by atoms with Gasteiger partial charge in [-0.2, -0.15) is 8.78 Å². The highest BCUT2D eigenvalue weighted by molar-refractivity contribution is 9.09. The fourth-order valence-electron chi connectivity index (χ4n) is 1.15. The highest BCUT2D eigenvalue weighted by atomic mass is 79.9. The molecule has 3 nitrogen and oxygen atoms in total. The molecule has 17 heavy (non-hydrogen) atoms. The van der Waals surface area contributed by atoms with Crippen LogP contribution in [0.25, 0.3) is 0 Å². The van der Waals surface area contributed by atoms with E-state index in [1.54, 1.807) is 0 Å². The van der Waals surface area contributed by atoms with Crippen molar-refractivity contribution in [3.05, 3.63) is 29.8 Å². The summed E-state index contributed by atoms with van der Waals surface area (Å²) in [5.41, 5.74) is 0.288. The predicted octanol–water partition coefficient (Wildman–Crippen LogP) is 2.80. The van der Waals surface area contributed by atoms with Crippen LogP contribution in [0.4, 0.5) is 8.78 Å². The standard InChI is InChI=1S/C11H12BrF2NO2/c1-7(12)6-15-10(16)8-3-2-4-9(5-8)17-11(13)14/h2-5,7,11H,6H2,1H3,(H,15,16). The molecule has 0 spiro atoms. The van der Waals surface area contributed by atoms with Crippen molar-refractivity contribution < 1.29 is 18.3 Å². The van der Waals surface area contributed by atoms with Crippen LogP contribution in [-0.4, -0.2) is 23.9 Å². The fourth-order valence-corrected chi connectivity index (χ4v) is 1.31. The van der Waals surface area contributed by atoms with Gasteiger partial charge in [-0.05, 0) is 18.2 Å². The summed E-state index contributed by atoms with van der Waals surface area (Å²) in [5, 5.41) is 2.65. The number of hydrogen-bond donors (Lipinski definition) is 1. The Hall–Kier alpha value is -1.17. The summed E-state index contributed by atoms with van der Waals surface area (Å²) >= 11 is 3.28. The summed E-state index contributed by atoms with van der Waals surface area (Å²) in [5.74, 6) is -0.351. The number of halogens is 3. The molecule has 0 aliphatic carbocycles. The molecule has 0 fully saturated rings. The Bertz CT molecular complexity index is 385. The minimum atomic E-state index is -2.89. The van der Waals surface area contributed by atoms with Crippen molar-refractivity contribution >= 4 is 21.8 Å². The molecule has 0 heterocycles. The molecular weight excluding hydrogens is 296 g/mol. The average molecular weight is 308 g/mol. The van der Waals surface area contributed by atoms with E-state index in [0.29, 0.717) is 6.54 Å². The van der Waals surface area contributed by atoms with Crippen LogP contribution in [0.3, 0.4) is 0 Å². The lowest BCUT2D eigenvalue weighted by atomic mass is 10.2. The zero-order chi connectivity index (χ0) is 12.8. The summed E-state index contributed by atoms with van der Waals surface area (Å²) in [4.78, 5) is 11.8. The largest absolute Gasteiger partial charge is 0.435 e. The van der Waals surface area contributed by atoms with E-state index in [1.165, 1.54) is 24.3 Å². The molecule has 0 saturated heterocycles. The van der Waals surface area contributed by atoms with E-state index in [0.717, 1.165) is 0 Å². The van der Waals surface area contributed by atoms with Gasteiger partial charge in [-0.15, -0.1) is 0 Å². The topological polar surface area (TPSA) is 38.3 Å². The third-order valence-electron chi connectivity index (χ3n) is 1.87. The van der Waals surface area contributed by atoms with E-state index >= 15 is 0 Å². The van der Waals surface area contributed by atoms with Crippen molar-refractivity contribution in [3.8, 4) is 5.75 Å². The number of amides is 1. The van der Waals surface area contributed by atoms with E-state index in [1.807, 2.05) is 6.92 Å². The summed E-state index contributed by atoms with van der Waals surface area (Å²) in [6.45, 7) is -0.550. The lowest BCUT2D eigenvalue weighted by molar-refractivity contribution is -0.0498. The highest BCUT2D eigenvalue weighted by Crippen LogP contribution is 2.15. The molecule has 0 radical (unpaired) electrons. The van der Waals surface area contributed by atoms with Gasteiger partial charge in [0.15, 0.2) is 0 Å². The van der Waals surface area contributed by atoms with Crippen molar-refractivity contribution in [2.45, 2.75) is 18.4 Å². The van der Waals surface area contributed by atoms with Crippen molar-refractivity contribution in [2.24, 2.45) is 0 Å². The second-order valence-corrected chi connectivity index (χ2v) is 4.96. The zero-order valence-corrected chi connectivity index (χ0v) is 10.7. The quantitative estimate of drug-likeness (QED) is 0.850. The molecule has 1 N–H and O–H groups in total. The maximum Gasteiger partial charge on any atom is 0.387 e. The number of nitrogens with one attached hydrogen (secondary N) is 1. The second-order valence-electron chi connectivity index (χ2n) is 3.40. The Kier molecular flexibility index (Phi) is 5.34. The van der Waals surface area contributed by atoms with E-state index in [2.05, 4.69) is 26.0 Å². The lowest BCUT2D eigenvalue weighted by Crippen LogP contribution is -2.28. The number of alkyl halides is 3. The Morgan fingerprint density at radius 2 is 2.24 bits per heavy atom. The average Bonchev–Trinajstić information content (AvgIpc) is 2.25. The number of hydrogen-bond acceptors (Lipinski definition) is 2. The number of carbonyl (C=O) groups is 1. The maximum absolute atomic E-state index is 12.0. The minimum absolute atomic E-state index is 0.0282. The second kappa shape index (κ2) is 6.54. The summed E-state index contributed by atoms with van der Waals surface area (Å²) in [7, 11) is 0. The SMILES string of the molecule is CC(Br)CNC(=O)c1cccc(OC(F)F)c1. The van der Waals surface area contributed by atoms with Crippen molar-refractivity contribution in [1.82, 2.24) is 5.32 Å². The third kappa shape index (κ3) is 5.12. The Balaban J connectivity index is 2.67.